The molecule has 1 aliphatic rings. The molecule has 0 bridgehead atoms. The molecule has 0 aromatic heterocycles. The number of nitrogens with zero attached hydrogens (tertiary/aromatic N) is 1. The molecule has 0 aliphatic carbocycles. The molecule has 6 nitrogen and oxygen atoms in total. The van der Waals surface area contributed by atoms with Crippen molar-refractivity contribution in [2.75, 3.05) is 23.4 Å². The van der Waals surface area contributed by atoms with Gasteiger partial charge in [0, 0.05) is 5.69 Å². The van der Waals surface area contributed by atoms with Gasteiger partial charge in [0.1, 0.15) is 11.5 Å². The average molecular weight is 505 g/mol. The van der Waals surface area contributed by atoms with E-state index < -0.39 is 0 Å². The van der Waals surface area contributed by atoms with E-state index in [1.54, 1.807) is 18.2 Å². The quantitative estimate of drug-likeness (QED) is 0.308. The molecule has 4 rings (SSSR count). The summed E-state index contributed by atoms with van der Waals surface area (Å²) in [5.74, 6) is 0.898. The maximum atomic E-state index is 13.0. The van der Waals surface area contributed by atoms with Crippen LogP contribution in [-0.4, -0.2) is 29.3 Å². The van der Waals surface area contributed by atoms with Gasteiger partial charge < -0.3 is 14.8 Å². The number of thiocarbonyl (C=S) groups is 1. The Kier molecular flexibility index (Phi) is 7.84. The lowest BCUT2D eigenvalue weighted by atomic mass is 10.2. The first-order valence-corrected chi connectivity index (χ1v) is 12.3. The number of aryl methyl sites for hydroxylation is 1. The van der Waals surface area contributed by atoms with Crippen molar-refractivity contribution in [1.29, 1.82) is 0 Å². The van der Waals surface area contributed by atoms with Crippen molar-refractivity contribution in [3.63, 3.8) is 0 Å². The molecule has 8 heteroatoms. The zero-order valence-corrected chi connectivity index (χ0v) is 20.9. The molecule has 0 atom stereocenters. The number of hydrogen-bond acceptors (Lipinski definition) is 6. The maximum absolute atomic E-state index is 13.0. The van der Waals surface area contributed by atoms with Crippen molar-refractivity contribution in [3.05, 3.63) is 88.8 Å². The molecule has 3 aromatic carbocycles. The molecule has 1 saturated heterocycles. The fourth-order valence-corrected chi connectivity index (χ4v) is 4.71. The second-order valence-corrected chi connectivity index (χ2v) is 9.34. The first-order chi connectivity index (χ1) is 16.9. The van der Waals surface area contributed by atoms with Crippen molar-refractivity contribution in [3.8, 4) is 11.5 Å². The lowest BCUT2D eigenvalue weighted by Gasteiger charge is -2.15. The number of para-hydroxylation sites is 1. The van der Waals surface area contributed by atoms with E-state index in [0.29, 0.717) is 27.3 Å². The summed E-state index contributed by atoms with van der Waals surface area (Å²) in [5.41, 5.74) is 3.28. The summed E-state index contributed by atoms with van der Waals surface area (Å²) in [6.07, 6.45) is 1.79. The van der Waals surface area contributed by atoms with Gasteiger partial charge in [0.15, 0.2) is 10.9 Å². The number of carbonyl (C=O) groups excluding carboxylic acids is 2. The van der Waals surface area contributed by atoms with E-state index in [4.69, 9.17) is 21.7 Å². The van der Waals surface area contributed by atoms with Gasteiger partial charge in [-0.1, -0.05) is 54.3 Å². The summed E-state index contributed by atoms with van der Waals surface area (Å²) in [7, 11) is 0. The molecule has 1 aliphatic heterocycles. The largest absolute Gasteiger partial charge is 0.494 e. The molecule has 0 saturated carbocycles. The average Bonchev–Trinajstić information content (AvgIpc) is 3.13. The topological polar surface area (TPSA) is 67.9 Å². The lowest BCUT2D eigenvalue weighted by molar-refractivity contribution is -0.118. The second kappa shape index (κ2) is 11.2. The van der Waals surface area contributed by atoms with E-state index in [2.05, 4.69) is 5.32 Å². The van der Waals surface area contributed by atoms with E-state index in [-0.39, 0.29) is 18.4 Å². The van der Waals surface area contributed by atoms with Crippen molar-refractivity contribution < 1.29 is 19.1 Å². The van der Waals surface area contributed by atoms with Crippen molar-refractivity contribution in [2.24, 2.45) is 0 Å². The molecule has 178 valence electrons. The van der Waals surface area contributed by atoms with Crippen molar-refractivity contribution >= 4 is 57.6 Å². The molecule has 35 heavy (non-hydrogen) atoms. The molecule has 0 unspecified atom stereocenters. The number of benzene rings is 3. The summed E-state index contributed by atoms with van der Waals surface area (Å²) in [6.45, 7) is 4.33. The van der Waals surface area contributed by atoms with Crippen LogP contribution < -0.4 is 19.7 Å². The molecule has 1 fully saturated rings. The van der Waals surface area contributed by atoms with Crippen LogP contribution in [0.3, 0.4) is 0 Å². The highest BCUT2D eigenvalue weighted by Crippen LogP contribution is 2.36. The van der Waals surface area contributed by atoms with Crippen LogP contribution >= 0.6 is 24.0 Å². The molecule has 1 heterocycles. The fraction of sp³-hybridized carbons (Fsp3) is 0.148. The van der Waals surface area contributed by atoms with Gasteiger partial charge in [-0.3, -0.25) is 14.5 Å². The number of carbonyl (C=O) groups is 2. The number of nitrogens with one attached hydrogen (secondary N) is 1. The predicted molar refractivity (Wildman–Crippen MR) is 145 cm³/mol. The molecule has 0 spiro atoms. The third-order valence-electron chi connectivity index (χ3n) is 5.17. The van der Waals surface area contributed by atoms with Gasteiger partial charge in [-0.25, -0.2) is 0 Å². The minimum absolute atomic E-state index is 0.103. The van der Waals surface area contributed by atoms with E-state index in [1.807, 2.05) is 74.5 Å². The highest BCUT2D eigenvalue weighted by molar-refractivity contribution is 8.27. The molecule has 3 aromatic rings. The first-order valence-electron chi connectivity index (χ1n) is 11.0. The number of hydrogen-bond donors (Lipinski definition) is 1. The number of thioether (sulfide) groups is 1. The van der Waals surface area contributed by atoms with Gasteiger partial charge in [0.2, 0.25) is 0 Å². The summed E-state index contributed by atoms with van der Waals surface area (Å²) in [4.78, 5) is 27.2. The molecular weight excluding hydrogens is 480 g/mol. The standard InChI is InChI=1S/C27H24N2O4S2/c1-3-32-21-14-10-20(11-15-21)29-26(31)24(35-27(29)34)16-19-8-12-22(13-9-19)33-17-25(30)28-23-7-5-4-6-18(23)2/h4-16H,3,17H2,1-2H3,(H,28,30)/b24-16-. The third kappa shape index (κ3) is 6.09. The second-order valence-electron chi connectivity index (χ2n) is 7.66. The number of rotatable bonds is 8. The van der Waals surface area contributed by atoms with Gasteiger partial charge >= 0.3 is 0 Å². The summed E-state index contributed by atoms with van der Waals surface area (Å²) in [5, 5.41) is 2.84. The predicted octanol–water partition coefficient (Wildman–Crippen LogP) is 5.82. The lowest BCUT2D eigenvalue weighted by Crippen LogP contribution is -2.27. The van der Waals surface area contributed by atoms with Gasteiger partial charge in [0.25, 0.3) is 11.8 Å². The van der Waals surface area contributed by atoms with Gasteiger partial charge in [-0.2, -0.15) is 0 Å². The summed E-state index contributed by atoms with van der Waals surface area (Å²) in [6, 6.07) is 22.0. The zero-order valence-electron chi connectivity index (χ0n) is 19.3. The Balaban J connectivity index is 1.36. The Hall–Kier alpha value is -3.62. The van der Waals surface area contributed by atoms with Crippen LogP contribution in [0.5, 0.6) is 11.5 Å². The highest BCUT2D eigenvalue weighted by atomic mass is 32.2. The smallest absolute Gasteiger partial charge is 0.270 e. The van der Waals surface area contributed by atoms with Crippen LogP contribution in [0.2, 0.25) is 0 Å². The van der Waals surface area contributed by atoms with E-state index in [0.717, 1.165) is 22.6 Å². The van der Waals surface area contributed by atoms with Crippen LogP contribution in [0, 0.1) is 6.92 Å². The minimum atomic E-state index is -0.235. The van der Waals surface area contributed by atoms with Crippen LogP contribution in [0.25, 0.3) is 6.08 Å². The molecule has 2 amide bonds. The van der Waals surface area contributed by atoms with Crippen molar-refractivity contribution in [2.45, 2.75) is 13.8 Å². The van der Waals surface area contributed by atoms with Gasteiger partial charge in [-0.05, 0) is 73.5 Å². The highest BCUT2D eigenvalue weighted by Gasteiger charge is 2.33. The molecule has 0 radical (unpaired) electrons. The van der Waals surface area contributed by atoms with E-state index >= 15 is 0 Å². The van der Waals surface area contributed by atoms with Crippen LogP contribution in [0.15, 0.2) is 77.7 Å². The van der Waals surface area contributed by atoms with Gasteiger partial charge in [0.05, 0.1) is 17.2 Å². The Morgan fingerprint density at radius 1 is 1.00 bits per heavy atom. The van der Waals surface area contributed by atoms with Crippen LogP contribution in [-0.2, 0) is 9.59 Å². The minimum Gasteiger partial charge on any atom is -0.494 e. The molecular formula is C27H24N2O4S2. The zero-order chi connectivity index (χ0) is 24.8. The van der Waals surface area contributed by atoms with E-state index in [9.17, 15) is 9.59 Å². The van der Waals surface area contributed by atoms with Crippen LogP contribution in [0.4, 0.5) is 11.4 Å². The third-order valence-corrected chi connectivity index (χ3v) is 6.47. The number of amides is 2. The monoisotopic (exact) mass is 504 g/mol. The Morgan fingerprint density at radius 2 is 1.66 bits per heavy atom. The summed E-state index contributed by atoms with van der Waals surface area (Å²) >= 11 is 6.71. The van der Waals surface area contributed by atoms with Crippen LogP contribution in [0.1, 0.15) is 18.1 Å². The van der Waals surface area contributed by atoms with Crippen molar-refractivity contribution in [1.82, 2.24) is 0 Å². The number of anilines is 2. The summed E-state index contributed by atoms with van der Waals surface area (Å²) < 4.78 is 11.5. The Labute approximate surface area is 213 Å². The first kappa shape index (κ1) is 24.5. The van der Waals surface area contributed by atoms with E-state index in [1.165, 1.54) is 16.7 Å². The fourth-order valence-electron chi connectivity index (χ4n) is 3.41. The Bertz CT molecular complexity index is 1270. The Morgan fingerprint density at radius 3 is 2.34 bits per heavy atom. The normalized spacial score (nSPS) is 14.3. The number of ether oxygens (including phenoxy) is 2. The SMILES string of the molecule is CCOc1ccc(N2C(=O)/C(=C/c3ccc(OCC(=O)Nc4ccccc4C)cc3)SC2=S)cc1. The van der Waals surface area contributed by atoms with Gasteiger partial charge in [-0.15, -0.1) is 0 Å². The maximum Gasteiger partial charge on any atom is 0.270 e. The molecule has 1 N–H and O–H groups in total.